The molecule has 2 saturated carbocycles. The number of carbonyl (C=O) groups excluding carboxylic acids is 1. The molecule has 1 aromatic heterocycles. The number of aromatic nitrogens is 1. The van der Waals surface area contributed by atoms with Crippen LogP contribution in [0.5, 0.6) is 5.75 Å². The molecular weight excluding hydrogens is 587 g/mol. The maximum absolute atomic E-state index is 12.8. The van der Waals surface area contributed by atoms with Gasteiger partial charge in [0.1, 0.15) is 12.9 Å². The van der Waals surface area contributed by atoms with Gasteiger partial charge in [-0.2, -0.15) is 0 Å². The number of anilines is 1. The predicted octanol–water partition coefficient (Wildman–Crippen LogP) is 4.10. The summed E-state index contributed by atoms with van der Waals surface area (Å²) in [5, 5.41) is 8.09. The number of nitrogens with one attached hydrogen (secondary N) is 1. The van der Waals surface area contributed by atoms with E-state index in [-0.39, 0.29) is 70.4 Å². The van der Waals surface area contributed by atoms with E-state index in [0.29, 0.717) is 41.0 Å². The van der Waals surface area contributed by atoms with Gasteiger partial charge in [-0.3, -0.25) is 4.79 Å². The van der Waals surface area contributed by atoms with Crippen molar-refractivity contribution < 1.29 is 33.2 Å². The summed E-state index contributed by atoms with van der Waals surface area (Å²) in [5.74, 6) is 2.16. The van der Waals surface area contributed by atoms with Gasteiger partial charge in [-0.05, 0) is 92.4 Å². The molecule has 10 nitrogen and oxygen atoms in total. The number of rotatable bonds is 9. The van der Waals surface area contributed by atoms with Gasteiger partial charge in [0, 0.05) is 22.9 Å². The second-order valence-electron chi connectivity index (χ2n) is 11.1. The number of hydrogen-bond acceptors (Lipinski definition) is 8. The summed E-state index contributed by atoms with van der Waals surface area (Å²) >= 11 is 1.48. The van der Waals surface area contributed by atoms with Crippen LogP contribution in [0.25, 0.3) is 0 Å². The number of nitrogens with zero attached hydrogens (tertiary/aromatic N) is 2. The van der Waals surface area contributed by atoms with E-state index in [1.165, 1.54) is 22.5 Å². The van der Waals surface area contributed by atoms with Gasteiger partial charge in [-0.15, -0.1) is 11.3 Å². The van der Waals surface area contributed by atoms with Crippen LogP contribution in [0.2, 0.25) is 0 Å². The molecule has 216 valence electrons. The minimum atomic E-state index is -4.58. The third kappa shape index (κ3) is 8.05. The fraction of sp³-hybridized carbons (Fsp3) is 0.593. The summed E-state index contributed by atoms with van der Waals surface area (Å²) in [7, 11) is -2.97. The number of phosphoric ester groups is 1. The number of oxime groups is 1. The van der Waals surface area contributed by atoms with E-state index in [9.17, 15) is 9.36 Å². The standard InChI is InChI=1S/C27H36N3O7PS.2Na.2H/c1-16-14-28-26(39-16)29-24(31)9-5-18-13-23(30-35-3)27(2)11-10-21-20-8-6-19(36-15-37-38(32,33)34)12-17(20)4-7-22(21)25(18)27;;;;/h6,8,12,14,18,21-22,25H,4-5,7,9-11,13,15H2,1-3H3,(H,28,29,31)(H2,32,33,34);;;;/b30-23+;;;;/t18-,21?,22?,25?,27-;;;;/m1..../s1. The molecular formula is C27H38N3Na2O7PS. The van der Waals surface area contributed by atoms with Crippen molar-refractivity contribution in [3.8, 4) is 5.75 Å². The quantitative estimate of drug-likeness (QED) is 0.164. The Morgan fingerprint density at radius 2 is 2.07 bits per heavy atom. The van der Waals surface area contributed by atoms with Crippen LogP contribution in [0.15, 0.2) is 29.6 Å². The molecule has 2 fully saturated rings. The van der Waals surface area contributed by atoms with Gasteiger partial charge in [-0.1, -0.05) is 18.1 Å². The zero-order chi connectivity index (χ0) is 27.8. The molecule has 5 atom stereocenters. The molecule has 0 bridgehead atoms. The molecule has 1 aromatic carbocycles. The summed E-state index contributed by atoms with van der Waals surface area (Å²) in [6.45, 7) is 3.80. The van der Waals surface area contributed by atoms with Crippen LogP contribution in [0.4, 0.5) is 5.13 Å². The first-order valence-electron chi connectivity index (χ1n) is 13.4. The molecule has 1 amide bonds. The first-order chi connectivity index (χ1) is 18.6. The molecule has 3 aliphatic carbocycles. The normalized spacial score (nSPS) is 27.5. The molecule has 5 rings (SSSR count). The number of carbonyl (C=O) groups is 1. The van der Waals surface area contributed by atoms with E-state index in [0.717, 1.165) is 49.1 Å². The van der Waals surface area contributed by atoms with E-state index < -0.39 is 14.6 Å². The van der Waals surface area contributed by atoms with Gasteiger partial charge in [0.25, 0.3) is 0 Å². The van der Waals surface area contributed by atoms with Gasteiger partial charge < -0.3 is 24.7 Å². The third-order valence-corrected chi connectivity index (χ3v) is 10.1. The number of phosphoric acid groups is 1. The Balaban J connectivity index is 0.00000231. The van der Waals surface area contributed by atoms with Gasteiger partial charge in [0.05, 0.1) is 5.71 Å². The minimum absolute atomic E-state index is 0. The van der Waals surface area contributed by atoms with Crippen LogP contribution in [-0.4, -0.2) is 99.4 Å². The SMILES string of the molecule is CO/N=C1\C[C@@H](CCC(=O)Nc2ncc(C)s2)C2C3CCc4cc(OCOP(=O)(O)O)ccc4C3CC[C@]12C.[NaH].[NaH]. The first-order valence-corrected chi connectivity index (χ1v) is 15.7. The Labute approximate surface area is 289 Å². The summed E-state index contributed by atoms with van der Waals surface area (Å²) in [4.78, 5) is 41.2. The molecule has 0 radical (unpaired) electrons. The van der Waals surface area contributed by atoms with Crippen molar-refractivity contribution in [3.63, 3.8) is 0 Å². The molecule has 3 unspecified atom stereocenters. The average molecular weight is 626 g/mol. The van der Waals surface area contributed by atoms with Crippen LogP contribution < -0.4 is 10.1 Å². The summed E-state index contributed by atoms with van der Waals surface area (Å²) < 4.78 is 20.8. The Bertz CT molecular complexity index is 1310. The van der Waals surface area contributed by atoms with Gasteiger partial charge in [0.2, 0.25) is 5.91 Å². The fourth-order valence-corrected chi connectivity index (χ4v) is 8.19. The number of ether oxygens (including phenoxy) is 1. The van der Waals surface area contributed by atoms with E-state index >= 15 is 0 Å². The van der Waals surface area contributed by atoms with Crippen molar-refractivity contribution in [2.24, 2.45) is 28.3 Å². The number of thiazole rings is 1. The molecule has 0 saturated heterocycles. The zero-order valence-electron chi connectivity index (χ0n) is 22.5. The fourth-order valence-electron chi connectivity index (χ4n) is 7.32. The van der Waals surface area contributed by atoms with Crippen molar-refractivity contribution in [3.05, 3.63) is 40.4 Å². The molecule has 2 aromatic rings. The van der Waals surface area contributed by atoms with E-state index in [4.69, 9.17) is 19.4 Å². The van der Waals surface area contributed by atoms with Crippen LogP contribution in [0, 0.1) is 30.1 Å². The molecule has 0 aliphatic heterocycles. The molecule has 41 heavy (non-hydrogen) atoms. The molecule has 14 heteroatoms. The average Bonchev–Trinajstić information content (AvgIpc) is 3.41. The van der Waals surface area contributed by atoms with Crippen molar-refractivity contribution in [2.75, 3.05) is 19.2 Å². The Hall–Kier alpha value is -0.300. The van der Waals surface area contributed by atoms with E-state index in [2.05, 4.69) is 33.0 Å². The molecule has 3 N–H and O–H groups in total. The predicted molar refractivity (Wildman–Crippen MR) is 162 cm³/mol. The third-order valence-electron chi connectivity index (χ3n) is 8.83. The number of benzene rings is 1. The Morgan fingerprint density at radius 1 is 1.29 bits per heavy atom. The van der Waals surface area contributed by atoms with Crippen molar-refractivity contribution in [2.45, 2.75) is 64.7 Å². The first kappa shape index (κ1) is 35.2. The Kier molecular flexibility index (Phi) is 12.6. The van der Waals surface area contributed by atoms with Gasteiger partial charge in [0.15, 0.2) is 11.9 Å². The Morgan fingerprint density at radius 3 is 2.76 bits per heavy atom. The summed E-state index contributed by atoms with van der Waals surface area (Å²) in [6.07, 6.45) is 7.84. The number of aryl methyl sites for hydroxylation is 2. The number of fused-ring (bicyclic) bond motifs is 5. The number of amides is 1. The second kappa shape index (κ2) is 14.7. The van der Waals surface area contributed by atoms with E-state index in [1.54, 1.807) is 13.3 Å². The van der Waals surface area contributed by atoms with Crippen LogP contribution in [-0.2, 0) is 25.1 Å². The monoisotopic (exact) mass is 625 g/mol. The topological polar surface area (TPSA) is 140 Å². The molecule has 1 heterocycles. The van der Waals surface area contributed by atoms with Gasteiger partial charge in [-0.25, -0.2) is 14.1 Å². The maximum atomic E-state index is 12.8. The van der Waals surface area contributed by atoms with E-state index in [1.807, 2.05) is 19.1 Å². The molecule has 3 aliphatic rings. The van der Waals surface area contributed by atoms with Crippen LogP contribution in [0.3, 0.4) is 0 Å². The number of hydrogen-bond donors (Lipinski definition) is 3. The van der Waals surface area contributed by atoms with Crippen LogP contribution >= 0.6 is 19.2 Å². The van der Waals surface area contributed by atoms with Gasteiger partial charge >= 0.3 is 66.9 Å². The molecule has 0 spiro atoms. The van der Waals surface area contributed by atoms with Crippen molar-refractivity contribution in [1.29, 1.82) is 0 Å². The van der Waals surface area contributed by atoms with Crippen LogP contribution in [0.1, 0.15) is 67.4 Å². The second-order valence-corrected chi connectivity index (χ2v) is 13.6. The summed E-state index contributed by atoms with van der Waals surface area (Å²) in [6, 6.07) is 5.92. The summed E-state index contributed by atoms with van der Waals surface area (Å²) in [5.41, 5.74) is 3.61. The van der Waals surface area contributed by atoms with Crippen molar-refractivity contribution in [1.82, 2.24) is 4.98 Å². The zero-order valence-corrected chi connectivity index (χ0v) is 24.2. The van der Waals surface area contributed by atoms with Crippen molar-refractivity contribution >= 4 is 95.0 Å².